The van der Waals surface area contributed by atoms with E-state index in [9.17, 15) is 21.6 Å². The lowest BCUT2D eigenvalue weighted by Crippen LogP contribution is -2.32. The minimum atomic E-state index is -3.99. The summed E-state index contributed by atoms with van der Waals surface area (Å²) >= 11 is 0. The number of hydrogen-bond donors (Lipinski definition) is 3. The molecule has 1 amide bonds. The number of hydrogen-bond acceptors (Lipinski definition) is 8. The van der Waals surface area contributed by atoms with Crippen LogP contribution in [-0.2, 0) is 31.3 Å². The van der Waals surface area contributed by atoms with E-state index in [0.29, 0.717) is 35.8 Å². The summed E-state index contributed by atoms with van der Waals surface area (Å²) in [6.07, 6.45) is 0.0987. The number of nitrogens with zero attached hydrogens (tertiary/aromatic N) is 2. The van der Waals surface area contributed by atoms with Gasteiger partial charge >= 0.3 is 0 Å². The van der Waals surface area contributed by atoms with Gasteiger partial charge in [0, 0.05) is 13.1 Å². The monoisotopic (exact) mass is 581 g/mol. The SMILES string of the molecule is CN1CCOc2cc(S(=O)(=O)NC(Cc3ccc([C@@H]4CC(=O)NS4(=O)=O)cc3)c3nc4ccccc4[nH]3)ccc21. The molecule has 3 N–H and O–H groups in total. The Hall–Kier alpha value is -3.94. The quantitative estimate of drug-likeness (QED) is 0.301. The molecule has 1 fully saturated rings. The first-order valence-corrected chi connectivity index (χ1v) is 15.7. The third-order valence-electron chi connectivity index (χ3n) is 7.17. The van der Waals surface area contributed by atoms with Crippen LogP contribution < -0.4 is 19.1 Å². The Labute approximate surface area is 231 Å². The standard InChI is InChI=1S/C27H27N5O6S2/c1-32-12-13-38-24-15-19(10-11-23(24)32)39(34,35)30-22(27-28-20-4-2-3-5-21(20)29-27)14-17-6-8-18(9-7-17)25-16-26(33)31-40(25,36)37/h2-11,15,22,25,30H,12-14,16H2,1H3,(H,28,29)(H,31,33)/t22?,25-/m0/s1. The Morgan fingerprint density at radius 2 is 1.90 bits per heavy atom. The molecule has 3 heterocycles. The average Bonchev–Trinajstić information content (AvgIpc) is 3.48. The number of aromatic amines is 1. The van der Waals surface area contributed by atoms with Crippen molar-refractivity contribution in [3.05, 3.63) is 83.7 Å². The minimum absolute atomic E-state index is 0.0709. The number of ether oxygens (including phenoxy) is 1. The van der Waals surface area contributed by atoms with Gasteiger partial charge in [-0.2, -0.15) is 0 Å². The number of imidazole rings is 1. The molecule has 3 aromatic carbocycles. The van der Waals surface area contributed by atoms with E-state index in [1.807, 2.05) is 40.9 Å². The molecule has 1 aromatic heterocycles. The number of sulfonamides is 2. The second kappa shape index (κ2) is 9.91. The lowest BCUT2D eigenvalue weighted by atomic mass is 10.0. The summed E-state index contributed by atoms with van der Waals surface area (Å²) in [6.45, 7) is 1.17. The van der Waals surface area contributed by atoms with Gasteiger partial charge in [-0.15, -0.1) is 0 Å². The van der Waals surface area contributed by atoms with Gasteiger partial charge < -0.3 is 14.6 Å². The molecular weight excluding hydrogens is 554 g/mol. The van der Waals surface area contributed by atoms with Crippen molar-refractivity contribution in [3.63, 3.8) is 0 Å². The summed E-state index contributed by atoms with van der Waals surface area (Å²) in [6, 6.07) is 18.2. The molecule has 40 heavy (non-hydrogen) atoms. The third-order valence-corrected chi connectivity index (χ3v) is 10.3. The lowest BCUT2D eigenvalue weighted by molar-refractivity contribution is -0.118. The Balaban J connectivity index is 1.31. The van der Waals surface area contributed by atoms with Crippen LogP contribution >= 0.6 is 0 Å². The Bertz CT molecular complexity index is 1790. The van der Waals surface area contributed by atoms with Crippen LogP contribution in [0.15, 0.2) is 71.6 Å². The Morgan fingerprint density at radius 3 is 2.62 bits per heavy atom. The van der Waals surface area contributed by atoms with Crippen LogP contribution in [0.2, 0.25) is 0 Å². The molecule has 4 aromatic rings. The van der Waals surface area contributed by atoms with E-state index in [2.05, 4.69) is 14.7 Å². The summed E-state index contributed by atoms with van der Waals surface area (Å²) in [5, 5.41) is -0.955. The van der Waals surface area contributed by atoms with E-state index in [0.717, 1.165) is 16.8 Å². The van der Waals surface area contributed by atoms with Crippen molar-refractivity contribution in [1.82, 2.24) is 19.4 Å². The minimum Gasteiger partial charge on any atom is -0.490 e. The number of para-hydroxylation sites is 2. The maximum Gasteiger partial charge on any atom is 0.242 e. The van der Waals surface area contributed by atoms with Crippen LogP contribution in [0.1, 0.15) is 34.7 Å². The van der Waals surface area contributed by atoms with E-state index in [-0.39, 0.29) is 17.7 Å². The number of carbonyl (C=O) groups excluding carboxylic acids is 1. The molecule has 0 spiro atoms. The first kappa shape index (κ1) is 26.3. The molecule has 208 valence electrons. The number of rotatable bonds is 7. The number of carbonyl (C=O) groups is 1. The van der Waals surface area contributed by atoms with Crippen LogP contribution in [-0.4, -0.2) is 52.9 Å². The van der Waals surface area contributed by atoms with Gasteiger partial charge in [0.25, 0.3) is 0 Å². The molecule has 1 unspecified atom stereocenters. The van der Waals surface area contributed by atoms with Gasteiger partial charge in [0.15, 0.2) is 0 Å². The van der Waals surface area contributed by atoms with Crippen LogP contribution in [0.5, 0.6) is 5.75 Å². The molecule has 0 aliphatic carbocycles. The zero-order chi connectivity index (χ0) is 28.1. The molecule has 13 heteroatoms. The normalized spacial score (nSPS) is 19.2. The van der Waals surface area contributed by atoms with E-state index in [1.165, 1.54) is 6.07 Å². The van der Waals surface area contributed by atoms with Gasteiger partial charge in [0.1, 0.15) is 23.4 Å². The predicted octanol–water partition coefficient (Wildman–Crippen LogP) is 2.54. The van der Waals surface area contributed by atoms with Gasteiger partial charge in [-0.05, 0) is 41.8 Å². The predicted molar refractivity (Wildman–Crippen MR) is 149 cm³/mol. The zero-order valence-electron chi connectivity index (χ0n) is 21.5. The topological polar surface area (TPSA) is 151 Å². The van der Waals surface area contributed by atoms with Crippen molar-refractivity contribution in [2.45, 2.75) is 29.0 Å². The number of amides is 1. The largest absolute Gasteiger partial charge is 0.490 e. The van der Waals surface area contributed by atoms with Crippen LogP contribution in [0.4, 0.5) is 5.69 Å². The number of anilines is 1. The molecule has 0 bridgehead atoms. The van der Waals surface area contributed by atoms with Gasteiger partial charge in [-0.25, -0.2) is 26.5 Å². The fourth-order valence-corrected chi connectivity index (χ4v) is 7.69. The van der Waals surface area contributed by atoms with Crippen molar-refractivity contribution in [3.8, 4) is 5.75 Å². The number of benzene rings is 3. The molecule has 1 saturated heterocycles. The fourth-order valence-electron chi connectivity index (χ4n) is 5.04. The van der Waals surface area contributed by atoms with Crippen molar-refractivity contribution in [1.29, 1.82) is 0 Å². The highest BCUT2D eigenvalue weighted by molar-refractivity contribution is 7.90. The van der Waals surface area contributed by atoms with E-state index < -0.39 is 37.2 Å². The molecular formula is C27H27N5O6S2. The summed E-state index contributed by atoms with van der Waals surface area (Å²) in [4.78, 5) is 21.6. The first-order valence-electron chi connectivity index (χ1n) is 12.7. The van der Waals surface area contributed by atoms with Crippen LogP contribution in [0.25, 0.3) is 11.0 Å². The molecule has 6 rings (SSSR count). The Kier molecular flexibility index (Phi) is 6.51. The maximum atomic E-state index is 13.6. The van der Waals surface area contributed by atoms with Gasteiger partial charge in [-0.3, -0.25) is 9.52 Å². The van der Waals surface area contributed by atoms with Gasteiger partial charge in [-0.1, -0.05) is 36.4 Å². The highest BCUT2D eigenvalue weighted by atomic mass is 32.2. The van der Waals surface area contributed by atoms with Crippen LogP contribution in [0.3, 0.4) is 0 Å². The number of likely N-dealkylation sites (N-methyl/N-ethyl adjacent to an activating group) is 1. The van der Waals surface area contributed by atoms with Crippen molar-refractivity contribution in [2.75, 3.05) is 25.1 Å². The van der Waals surface area contributed by atoms with Crippen molar-refractivity contribution in [2.24, 2.45) is 0 Å². The molecule has 2 aliphatic rings. The summed E-state index contributed by atoms with van der Waals surface area (Å²) in [5.41, 5.74) is 3.53. The first-order chi connectivity index (χ1) is 19.1. The number of H-pyrrole nitrogens is 1. The second-order valence-electron chi connectivity index (χ2n) is 9.92. The number of fused-ring (bicyclic) bond motifs is 2. The van der Waals surface area contributed by atoms with Gasteiger partial charge in [0.2, 0.25) is 26.0 Å². The fraction of sp³-hybridized carbons (Fsp3) is 0.259. The molecule has 0 radical (unpaired) electrons. The Morgan fingerprint density at radius 1 is 1.12 bits per heavy atom. The van der Waals surface area contributed by atoms with E-state index in [1.54, 1.807) is 36.4 Å². The number of aromatic nitrogens is 2. The second-order valence-corrected chi connectivity index (χ2v) is 13.5. The van der Waals surface area contributed by atoms with E-state index in [4.69, 9.17) is 4.74 Å². The highest BCUT2D eigenvalue weighted by Gasteiger charge is 2.37. The third kappa shape index (κ3) is 5.03. The van der Waals surface area contributed by atoms with Crippen molar-refractivity contribution < 1.29 is 26.4 Å². The number of nitrogens with one attached hydrogen (secondary N) is 3. The highest BCUT2D eigenvalue weighted by Crippen LogP contribution is 2.34. The maximum absolute atomic E-state index is 13.6. The molecule has 2 aliphatic heterocycles. The van der Waals surface area contributed by atoms with Crippen LogP contribution in [0, 0.1) is 0 Å². The molecule has 11 nitrogen and oxygen atoms in total. The molecule has 2 atom stereocenters. The van der Waals surface area contributed by atoms with Gasteiger partial charge in [0.05, 0.1) is 40.6 Å². The molecule has 0 saturated carbocycles. The summed E-state index contributed by atoms with van der Waals surface area (Å²) in [5.74, 6) is 0.408. The summed E-state index contributed by atoms with van der Waals surface area (Å²) < 4.78 is 62.3. The lowest BCUT2D eigenvalue weighted by Gasteiger charge is -2.28. The zero-order valence-corrected chi connectivity index (χ0v) is 23.1. The summed E-state index contributed by atoms with van der Waals surface area (Å²) in [7, 11) is -5.84. The van der Waals surface area contributed by atoms with Crippen molar-refractivity contribution >= 4 is 42.7 Å². The van der Waals surface area contributed by atoms with E-state index >= 15 is 0 Å². The smallest absolute Gasteiger partial charge is 0.242 e. The average molecular weight is 582 g/mol.